The second-order valence-corrected chi connectivity index (χ2v) is 6.88. The fraction of sp³-hybridized carbons (Fsp3) is 0.176. The van der Waals surface area contributed by atoms with Gasteiger partial charge in [0.25, 0.3) is 5.91 Å². The van der Waals surface area contributed by atoms with Crippen LogP contribution in [0.4, 0.5) is 5.69 Å². The number of halogens is 4. The Bertz CT molecular complexity index is 829. The molecule has 0 aliphatic heterocycles. The van der Waals surface area contributed by atoms with E-state index in [-0.39, 0.29) is 20.6 Å². The fourth-order valence-corrected chi connectivity index (χ4v) is 3.22. The molecule has 0 aromatic heterocycles. The van der Waals surface area contributed by atoms with E-state index < -0.39 is 18.5 Å². The molecular weight excluding hydrogens is 408 g/mol. The SMILES string of the molecule is Cc1cc(C)c(NC(=O)COC(=O)c2c(Cl)ccc(Cl)c2Cl)c(Cl)c1. The first kappa shape index (κ1) is 19.9. The molecule has 0 atom stereocenters. The lowest BCUT2D eigenvalue weighted by Crippen LogP contribution is -2.22. The highest BCUT2D eigenvalue weighted by Gasteiger charge is 2.20. The minimum absolute atomic E-state index is 0.0306. The topological polar surface area (TPSA) is 55.4 Å². The van der Waals surface area contributed by atoms with Crippen LogP contribution in [0, 0.1) is 13.8 Å². The standard InChI is InChI=1S/C17H13Cl4NO3/c1-8-5-9(2)16(12(20)6-8)22-13(23)7-25-17(24)14-10(18)3-4-11(19)15(14)21/h3-6H,7H2,1-2H3,(H,22,23). The zero-order valence-corrected chi connectivity index (χ0v) is 16.3. The molecule has 0 unspecified atom stereocenters. The molecule has 0 aliphatic carbocycles. The number of hydrogen-bond acceptors (Lipinski definition) is 3. The fourth-order valence-electron chi connectivity index (χ4n) is 2.17. The van der Waals surface area contributed by atoms with Crippen molar-refractivity contribution in [3.05, 3.63) is 61.0 Å². The predicted molar refractivity (Wildman–Crippen MR) is 101 cm³/mol. The van der Waals surface area contributed by atoms with Crippen molar-refractivity contribution >= 4 is 64.0 Å². The number of aryl methyl sites for hydroxylation is 2. The van der Waals surface area contributed by atoms with Gasteiger partial charge in [0.2, 0.25) is 0 Å². The van der Waals surface area contributed by atoms with Gasteiger partial charge in [-0.25, -0.2) is 4.79 Å². The van der Waals surface area contributed by atoms with Crippen LogP contribution < -0.4 is 5.32 Å². The van der Waals surface area contributed by atoms with Gasteiger partial charge in [0.15, 0.2) is 6.61 Å². The Labute approximate surface area is 165 Å². The Kier molecular flexibility index (Phi) is 6.58. The summed E-state index contributed by atoms with van der Waals surface area (Å²) in [5.74, 6) is -1.39. The normalized spacial score (nSPS) is 10.5. The second-order valence-electron chi connectivity index (χ2n) is 5.28. The maximum Gasteiger partial charge on any atom is 0.341 e. The van der Waals surface area contributed by atoms with Crippen molar-refractivity contribution in [1.29, 1.82) is 0 Å². The lowest BCUT2D eigenvalue weighted by atomic mass is 10.1. The monoisotopic (exact) mass is 419 g/mol. The zero-order chi connectivity index (χ0) is 18.7. The van der Waals surface area contributed by atoms with Gasteiger partial charge in [0, 0.05) is 0 Å². The first-order valence-electron chi connectivity index (χ1n) is 7.08. The van der Waals surface area contributed by atoms with Crippen LogP contribution in [0.25, 0.3) is 0 Å². The summed E-state index contributed by atoms with van der Waals surface area (Å²) in [6, 6.07) is 6.47. The van der Waals surface area contributed by atoms with Gasteiger partial charge in [-0.15, -0.1) is 0 Å². The van der Waals surface area contributed by atoms with Crippen LogP contribution >= 0.6 is 46.4 Å². The zero-order valence-electron chi connectivity index (χ0n) is 13.3. The summed E-state index contributed by atoms with van der Waals surface area (Å²) in [6.45, 7) is 3.18. The molecule has 1 amide bonds. The largest absolute Gasteiger partial charge is 0.452 e. The highest BCUT2D eigenvalue weighted by molar-refractivity contribution is 6.46. The van der Waals surface area contributed by atoms with Gasteiger partial charge in [-0.1, -0.05) is 52.5 Å². The van der Waals surface area contributed by atoms with Gasteiger partial charge >= 0.3 is 5.97 Å². The number of amides is 1. The number of benzene rings is 2. The van der Waals surface area contributed by atoms with E-state index in [1.54, 1.807) is 6.07 Å². The van der Waals surface area contributed by atoms with Crippen LogP contribution in [0.3, 0.4) is 0 Å². The number of hydrogen-bond donors (Lipinski definition) is 1. The molecule has 0 saturated heterocycles. The van der Waals surface area contributed by atoms with Crippen molar-refractivity contribution in [3.63, 3.8) is 0 Å². The second kappa shape index (κ2) is 8.28. The third kappa shape index (κ3) is 4.79. The summed E-state index contributed by atoms with van der Waals surface area (Å²) >= 11 is 23.9. The molecule has 1 N–H and O–H groups in total. The molecule has 2 aromatic rings. The summed E-state index contributed by atoms with van der Waals surface area (Å²) in [6.07, 6.45) is 0. The van der Waals surface area contributed by atoms with Crippen LogP contribution in [0.1, 0.15) is 21.5 Å². The van der Waals surface area contributed by atoms with Gasteiger partial charge in [-0.05, 0) is 43.2 Å². The van der Waals surface area contributed by atoms with Crippen LogP contribution in [0.2, 0.25) is 20.1 Å². The molecule has 132 valence electrons. The first-order chi connectivity index (χ1) is 11.7. The highest BCUT2D eigenvalue weighted by Crippen LogP contribution is 2.32. The van der Waals surface area contributed by atoms with Gasteiger partial charge < -0.3 is 10.1 Å². The summed E-state index contributed by atoms with van der Waals surface area (Å²) in [5.41, 5.74) is 2.14. The molecular formula is C17H13Cl4NO3. The molecule has 0 aliphatic rings. The molecule has 2 aromatic carbocycles. The quantitative estimate of drug-likeness (QED) is 0.508. The molecule has 8 heteroatoms. The molecule has 0 fully saturated rings. The average molecular weight is 421 g/mol. The van der Waals surface area contributed by atoms with Crippen molar-refractivity contribution < 1.29 is 14.3 Å². The molecule has 4 nitrogen and oxygen atoms in total. The number of anilines is 1. The van der Waals surface area contributed by atoms with E-state index >= 15 is 0 Å². The van der Waals surface area contributed by atoms with Gasteiger partial charge in [0.05, 0.1) is 31.3 Å². The predicted octanol–water partition coefficient (Wildman–Crippen LogP) is 5.71. The Morgan fingerprint density at radius 3 is 2.28 bits per heavy atom. The smallest absolute Gasteiger partial charge is 0.341 e. The summed E-state index contributed by atoms with van der Waals surface area (Å²) < 4.78 is 4.96. The molecule has 0 saturated carbocycles. The Morgan fingerprint density at radius 1 is 1.00 bits per heavy atom. The third-order valence-electron chi connectivity index (χ3n) is 3.28. The number of carbonyl (C=O) groups is 2. The number of ether oxygens (including phenoxy) is 1. The number of carbonyl (C=O) groups excluding carboxylic acids is 2. The summed E-state index contributed by atoms with van der Waals surface area (Å²) in [7, 11) is 0. The molecule has 0 radical (unpaired) electrons. The minimum Gasteiger partial charge on any atom is -0.452 e. The van der Waals surface area contributed by atoms with E-state index in [1.165, 1.54) is 12.1 Å². The number of esters is 1. The summed E-state index contributed by atoms with van der Waals surface area (Å²) in [5, 5.41) is 3.22. The molecule has 25 heavy (non-hydrogen) atoms. The first-order valence-corrected chi connectivity index (χ1v) is 8.59. The molecule has 0 heterocycles. The average Bonchev–Trinajstić information content (AvgIpc) is 2.53. The van der Waals surface area contributed by atoms with Crippen LogP contribution in [-0.2, 0) is 9.53 Å². The van der Waals surface area contributed by atoms with E-state index in [0.29, 0.717) is 10.7 Å². The van der Waals surface area contributed by atoms with E-state index in [4.69, 9.17) is 51.1 Å². The lowest BCUT2D eigenvalue weighted by molar-refractivity contribution is -0.119. The van der Waals surface area contributed by atoms with E-state index in [2.05, 4.69) is 5.32 Å². The van der Waals surface area contributed by atoms with Crippen molar-refractivity contribution in [2.45, 2.75) is 13.8 Å². The Hall–Kier alpha value is -1.46. The van der Waals surface area contributed by atoms with Gasteiger partial charge in [-0.2, -0.15) is 0 Å². The maximum atomic E-state index is 12.1. The van der Waals surface area contributed by atoms with E-state index in [1.807, 2.05) is 19.9 Å². The Morgan fingerprint density at radius 2 is 1.64 bits per heavy atom. The van der Waals surface area contributed by atoms with Crippen molar-refractivity contribution in [2.75, 3.05) is 11.9 Å². The van der Waals surface area contributed by atoms with E-state index in [9.17, 15) is 9.59 Å². The molecule has 0 spiro atoms. The van der Waals surface area contributed by atoms with Crippen LogP contribution in [0.15, 0.2) is 24.3 Å². The highest BCUT2D eigenvalue weighted by atomic mass is 35.5. The third-order valence-corrected chi connectivity index (χ3v) is 4.70. The van der Waals surface area contributed by atoms with Crippen molar-refractivity contribution in [1.82, 2.24) is 0 Å². The number of rotatable bonds is 4. The van der Waals surface area contributed by atoms with Crippen molar-refractivity contribution in [2.24, 2.45) is 0 Å². The van der Waals surface area contributed by atoms with Gasteiger partial charge in [0.1, 0.15) is 0 Å². The lowest BCUT2D eigenvalue weighted by Gasteiger charge is -2.12. The van der Waals surface area contributed by atoms with Crippen LogP contribution in [0.5, 0.6) is 0 Å². The van der Waals surface area contributed by atoms with E-state index in [0.717, 1.165) is 11.1 Å². The van der Waals surface area contributed by atoms with Crippen molar-refractivity contribution in [3.8, 4) is 0 Å². The maximum absolute atomic E-state index is 12.1. The number of nitrogens with one attached hydrogen (secondary N) is 1. The molecule has 2 rings (SSSR count). The Balaban J connectivity index is 2.06. The van der Waals surface area contributed by atoms with Gasteiger partial charge in [-0.3, -0.25) is 4.79 Å². The molecule has 0 bridgehead atoms. The minimum atomic E-state index is -0.848. The summed E-state index contributed by atoms with van der Waals surface area (Å²) in [4.78, 5) is 24.2. The van der Waals surface area contributed by atoms with Crippen LogP contribution in [-0.4, -0.2) is 18.5 Å².